The van der Waals surface area contributed by atoms with Gasteiger partial charge in [-0.2, -0.15) is 0 Å². The molecule has 1 aromatic carbocycles. The summed E-state index contributed by atoms with van der Waals surface area (Å²) in [5.41, 5.74) is 10.7. The van der Waals surface area contributed by atoms with E-state index in [9.17, 15) is 0 Å². The van der Waals surface area contributed by atoms with Crippen LogP contribution in [-0.4, -0.2) is 16.1 Å². The highest BCUT2D eigenvalue weighted by Gasteiger charge is 2.10. The Morgan fingerprint density at radius 2 is 1.94 bits per heavy atom. The molecule has 0 amide bonds. The number of hydrogen-bond donors (Lipinski definition) is 1. The standard InChI is InChI=1S/C15H23N3/c1-4-6-15-17-13-9-11(2)12(3)10-14(13)18(15)8-5-7-16/h9-10H,4-8,16H2,1-3H3. The van der Waals surface area contributed by atoms with E-state index in [0.717, 1.165) is 37.9 Å². The second-order valence-corrected chi connectivity index (χ2v) is 5.00. The molecular formula is C15H23N3. The molecule has 18 heavy (non-hydrogen) atoms. The molecule has 0 fully saturated rings. The van der Waals surface area contributed by atoms with Crippen LogP contribution in [0.5, 0.6) is 0 Å². The van der Waals surface area contributed by atoms with E-state index < -0.39 is 0 Å². The number of fused-ring (bicyclic) bond motifs is 1. The zero-order chi connectivity index (χ0) is 13.1. The van der Waals surface area contributed by atoms with Crippen LogP contribution in [0, 0.1) is 13.8 Å². The van der Waals surface area contributed by atoms with Crippen molar-refractivity contribution in [3.63, 3.8) is 0 Å². The van der Waals surface area contributed by atoms with Gasteiger partial charge in [0.25, 0.3) is 0 Å². The predicted molar refractivity (Wildman–Crippen MR) is 76.9 cm³/mol. The van der Waals surface area contributed by atoms with Gasteiger partial charge in [-0.3, -0.25) is 0 Å². The van der Waals surface area contributed by atoms with Crippen molar-refractivity contribution in [1.82, 2.24) is 9.55 Å². The Labute approximate surface area is 109 Å². The molecule has 2 N–H and O–H groups in total. The number of nitrogens with two attached hydrogens (primary N) is 1. The van der Waals surface area contributed by atoms with E-state index in [0.29, 0.717) is 0 Å². The molecule has 2 aromatic rings. The molecule has 3 heteroatoms. The third kappa shape index (κ3) is 2.41. The number of imidazole rings is 1. The third-order valence-electron chi connectivity index (χ3n) is 3.50. The van der Waals surface area contributed by atoms with Crippen molar-refractivity contribution >= 4 is 11.0 Å². The topological polar surface area (TPSA) is 43.8 Å². The minimum absolute atomic E-state index is 0.732. The molecule has 3 nitrogen and oxygen atoms in total. The van der Waals surface area contributed by atoms with Gasteiger partial charge in [-0.25, -0.2) is 4.98 Å². The van der Waals surface area contributed by atoms with E-state index in [-0.39, 0.29) is 0 Å². The molecule has 98 valence electrons. The number of aryl methyl sites for hydroxylation is 4. The van der Waals surface area contributed by atoms with Gasteiger partial charge in [-0.15, -0.1) is 0 Å². The second kappa shape index (κ2) is 5.53. The van der Waals surface area contributed by atoms with Crippen LogP contribution in [-0.2, 0) is 13.0 Å². The predicted octanol–water partition coefficient (Wildman–Crippen LogP) is 2.95. The zero-order valence-electron chi connectivity index (χ0n) is 11.7. The minimum Gasteiger partial charge on any atom is -0.330 e. The number of hydrogen-bond acceptors (Lipinski definition) is 2. The first-order chi connectivity index (χ1) is 8.67. The maximum atomic E-state index is 5.63. The zero-order valence-corrected chi connectivity index (χ0v) is 11.7. The molecule has 0 aliphatic carbocycles. The second-order valence-electron chi connectivity index (χ2n) is 5.00. The van der Waals surface area contributed by atoms with Gasteiger partial charge < -0.3 is 10.3 Å². The lowest BCUT2D eigenvalue weighted by Gasteiger charge is -2.08. The van der Waals surface area contributed by atoms with Crippen molar-refractivity contribution in [1.29, 1.82) is 0 Å². The van der Waals surface area contributed by atoms with Crippen LogP contribution < -0.4 is 5.73 Å². The number of rotatable bonds is 5. The summed E-state index contributed by atoms with van der Waals surface area (Å²) in [5, 5.41) is 0. The molecule has 0 saturated heterocycles. The SMILES string of the molecule is CCCc1nc2cc(C)c(C)cc2n1CCCN. The minimum atomic E-state index is 0.732. The Morgan fingerprint density at radius 1 is 1.22 bits per heavy atom. The van der Waals surface area contributed by atoms with Gasteiger partial charge in [0, 0.05) is 13.0 Å². The summed E-state index contributed by atoms with van der Waals surface area (Å²) in [6.45, 7) is 8.21. The van der Waals surface area contributed by atoms with E-state index in [1.165, 1.54) is 22.5 Å². The van der Waals surface area contributed by atoms with Gasteiger partial charge >= 0.3 is 0 Å². The highest BCUT2D eigenvalue weighted by atomic mass is 15.1. The Morgan fingerprint density at radius 3 is 2.61 bits per heavy atom. The van der Waals surface area contributed by atoms with Crippen LogP contribution in [0.3, 0.4) is 0 Å². The van der Waals surface area contributed by atoms with Gasteiger partial charge in [-0.1, -0.05) is 6.92 Å². The maximum Gasteiger partial charge on any atom is 0.109 e. The van der Waals surface area contributed by atoms with Crippen LogP contribution in [0.1, 0.15) is 36.7 Å². The summed E-state index contributed by atoms with van der Waals surface area (Å²) in [6.07, 6.45) is 3.18. The van der Waals surface area contributed by atoms with E-state index in [4.69, 9.17) is 10.7 Å². The summed E-state index contributed by atoms with van der Waals surface area (Å²) in [5.74, 6) is 1.20. The van der Waals surface area contributed by atoms with Crippen LogP contribution in [0.2, 0.25) is 0 Å². The fraction of sp³-hybridized carbons (Fsp3) is 0.533. The molecular weight excluding hydrogens is 222 g/mol. The van der Waals surface area contributed by atoms with Crippen LogP contribution in [0.15, 0.2) is 12.1 Å². The first kappa shape index (κ1) is 13.1. The van der Waals surface area contributed by atoms with E-state index in [2.05, 4.69) is 37.5 Å². The molecule has 0 aliphatic rings. The molecule has 0 unspecified atom stereocenters. The lowest BCUT2D eigenvalue weighted by Crippen LogP contribution is -2.08. The van der Waals surface area contributed by atoms with Crippen LogP contribution >= 0.6 is 0 Å². The van der Waals surface area contributed by atoms with Crippen molar-refractivity contribution in [3.8, 4) is 0 Å². The normalized spacial score (nSPS) is 11.3. The molecule has 1 aromatic heterocycles. The summed E-state index contributed by atoms with van der Waals surface area (Å²) in [7, 11) is 0. The van der Waals surface area contributed by atoms with Gasteiger partial charge in [0.05, 0.1) is 11.0 Å². The summed E-state index contributed by atoms with van der Waals surface area (Å²) >= 11 is 0. The molecule has 0 aliphatic heterocycles. The number of aromatic nitrogens is 2. The molecule has 2 rings (SSSR count). The Hall–Kier alpha value is -1.35. The lowest BCUT2D eigenvalue weighted by atomic mass is 10.1. The highest BCUT2D eigenvalue weighted by molar-refractivity contribution is 5.78. The van der Waals surface area contributed by atoms with E-state index in [1.54, 1.807) is 0 Å². The maximum absolute atomic E-state index is 5.63. The Bertz CT molecular complexity index is 540. The molecule has 1 heterocycles. The molecule has 0 radical (unpaired) electrons. The molecule has 0 atom stereocenters. The Kier molecular flexibility index (Phi) is 4.02. The van der Waals surface area contributed by atoms with E-state index >= 15 is 0 Å². The Balaban J connectivity index is 2.53. The van der Waals surface area contributed by atoms with Gasteiger partial charge in [0.15, 0.2) is 0 Å². The molecule has 0 spiro atoms. The van der Waals surface area contributed by atoms with Crippen molar-refractivity contribution in [2.75, 3.05) is 6.54 Å². The van der Waals surface area contributed by atoms with Gasteiger partial charge in [0.2, 0.25) is 0 Å². The van der Waals surface area contributed by atoms with Crippen molar-refractivity contribution < 1.29 is 0 Å². The van der Waals surface area contributed by atoms with Crippen molar-refractivity contribution in [3.05, 3.63) is 29.1 Å². The fourth-order valence-corrected chi connectivity index (χ4v) is 2.34. The summed E-state index contributed by atoms with van der Waals surface area (Å²) in [4.78, 5) is 4.78. The van der Waals surface area contributed by atoms with Crippen LogP contribution in [0.25, 0.3) is 11.0 Å². The fourth-order valence-electron chi connectivity index (χ4n) is 2.34. The third-order valence-corrected chi connectivity index (χ3v) is 3.50. The average molecular weight is 245 g/mol. The first-order valence-corrected chi connectivity index (χ1v) is 6.83. The molecule has 0 saturated carbocycles. The van der Waals surface area contributed by atoms with Crippen LogP contribution in [0.4, 0.5) is 0 Å². The van der Waals surface area contributed by atoms with Gasteiger partial charge in [-0.05, 0) is 56.5 Å². The number of benzene rings is 1. The monoisotopic (exact) mass is 245 g/mol. The quantitative estimate of drug-likeness (QED) is 0.880. The van der Waals surface area contributed by atoms with Crippen molar-refractivity contribution in [2.24, 2.45) is 5.73 Å². The van der Waals surface area contributed by atoms with Crippen molar-refractivity contribution in [2.45, 2.75) is 46.6 Å². The lowest BCUT2D eigenvalue weighted by molar-refractivity contribution is 0.626. The largest absolute Gasteiger partial charge is 0.330 e. The summed E-state index contributed by atoms with van der Waals surface area (Å²) < 4.78 is 2.35. The highest BCUT2D eigenvalue weighted by Crippen LogP contribution is 2.21. The molecule has 0 bridgehead atoms. The first-order valence-electron chi connectivity index (χ1n) is 6.83. The number of nitrogens with zero attached hydrogens (tertiary/aromatic N) is 2. The van der Waals surface area contributed by atoms with Gasteiger partial charge in [0.1, 0.15) is 5.82 Å². The average Bonchev–Trinajstić information content (AvgIpc) is 2.65. The summed E-state index contributed by atoms with van der Waals surface area (Å²) in [6, 6.07) is 4.45. The van der Waals surface area contributed by atoms with E-state index in [1.807, 2.05) is 0 Å². The smallest absolute Gasteiger partial charge is 0.109 e.